The maximum atomic E-state index is 11.6. The van der Waals surface area contributed by atoms with E-state index in [9.17, 15) is 4.79 Å². The molecule has 0 spiro atoms. The molecule has 6 heteroatoms. The molecule has 2 aromatic rings. The molecule has 0 saturated carbocycles. The number of carbonyl (C=O) groups excluding carboxylic acids is 1. The summed E-state index contributed by atoms with van der Waals surface area (Å²) in [6.07, 6.45) is 4.90. The first-order valence-electron chi connectivity index (χ1n) is 5.95. The second kappa shape index (κ2) is 7.40. The molecule has 1 aromatic heterocycles. The summed E-state index contributed by atoms with van der Waals surface area (Å²) in [7, 11) is 0. The Balaban J connectivity index is 1.76. The second-order valence-corrected chi connectivity index (χ2v) is 4.85. The zero-order chi connectivity index (χ0) is 14.2. The van der Waals surface area contributed by atoms with Crippen LogP contribution in [-0.4, -0.2) is 23.7 Å². The van der Waals surface area contributed by atoms with Gasteiger partial charge in [-0.3, -0.25) is 9.78 Å². The van der Waals surface area contributed by atoms with Crippen LogP contribution in [0.25, 0.3) is 0 Å². The van der Waals surface area contributed by atoms with Crippen molar-refractivity contribution >= 4 is 33.7 Å². The molecule has 1 heterocycles. The highest BCUT2D eigenvalue weighted by Crippen LogP contribution is 2.13. The predicted molar refractivity (Wildman–Crippen MR) is 82.6 cm³/mol. The average Bonchev–Trinajstić information content (AvgIpc) is 2.48. The molecule has 0 saturated heterocycles. The van der Waals surface area contributed by atoms with Crippen molar-refractivity contribution in [3.8, 4) is 0 Å². The van der Waals surface area contributed by atoms with Gasteiger partial charge in [0.1, 0.15) is 0 Å². The van der Waals surface area contributed by atoms with Crippen molar-refractivity contribution in [3.63, 3.8) is 0 Å². The maximum Gasteiger partial charge on any atom is 0.259 e. The van der Waals surface area contributed by atoms with Gasteiger partial charge in [0.15, 0.2) is 0 Å². The van der Waals surface area contributed by atoms with Crippen LogP contribution < -0.4 is 10.7 Å². The Hall–Kier alpha value is -2.21. The first-order chi connectivity index (χ1) is 9.74. The van der Waals surface area contributed by atoms with Gasteiger partial charge < -0.3 is 5.32 Å². The first-order valence-corrected chi connectivity index (χ1v) is 6.75. The third kappa shape index (κ3) is 4.81. The van der Waals surface area contributed by atoms with E-state index in [4.69, 9.17) is 0 Å². The van der Waals surface area contributed by atoms with E-state index in [-0.39, 0.29) is 12.5 Å². The number of aromatic nitrogens is 1. The van der Waals surface area contributed by atoms with E-state index in [0.717, 1.165) is 15.7 Å². The van der Waals surface area contributed by atoms with E-state index < -0.39 is 0 Å². The van der Waals surface area contributed by atoms with Crippen LogP contribution in [0.4, 0.5) is 5.69 Å². The monoisotopic (exact) mass is 332 g/mol. The molecule has 2 rings (SSSR count). The number of hydrazone groups is 1. The highest BCUT2D eigenvalue weighted by molar-refractivity contribution is 9.10. The summed E-state index contributed by atoms with van der Waals surface area (Å²) >= 11 is 3.35. The van der Waals surface area contributed by atoms with Gasteiger partial charge >= 0.3 is 0 Å². The van der Waals surface area contributed by atoms with E-state index in [1.165, 1.54) is 0 Å². The fourth-order valence-corrected chi connectivity index (χ4v) is 1.68. The van der Waals surface area contributed by atoms with E-state index in [1.807, 2.05) is 24.3 Å². The molecule has 20 heavy (non-hydrogen) atoms. The topological polar surface area (TPSA) is 66.4 Å². The number of pyridine rings is 1. The molecule has 2 N–H and O–H groups in total. The van der Waals surface area contributed by atoms with Crippen molar-refractivity contribution in [3.05, 3.63) is 58.8 Å². The Morgan fingerprint density at radius 1 is 1.20 bits per heavy atom. The van der Waals surface area contributed by atoms with Crippen molar-refractivity contribution < 1.29 is 4.79 Å². The zero-order valence-electron chi connectivity index (χ0n) is 10.6. The molecule has 0 atom stereocenters. The number of rotatable bonds is 5. The Morgan fingerprint density at radius 3 is 2.60 bits per heavy atom. The molecular weight excluding hydrogens is 320 g/mol. The minimum absolute atomic E-state index is 0.162. The van der Waals surface area contributed by atoms with Gasteiger partial charge in [-0.15, -0.1) is 0 Å². The van der Waals surface area contributed by atoms with Crippen molar-refractivity contribution in [2.75, 3.05) is 11.9 Å². The largest absolute Gasteiger partial charge is 0.376 e. The summed E-state index contributed by atoms with van der Waals surface area (Å²) in [5.41, 5.74) is 4.20. The van der Waals surface area contributed by atoms with Crippen LogP contribution >= 0.6 is 15.9 Å². The van der Waals surface area contributed by atoms with Crippen LogP contribution in [0.2, 0.25) is 0 Å². The Bertz CT molecular complexity index is 584. The highest BCUT2D eigenvalue weighted by atomic mass is 79.9. The summed E-state index contributed by atoms with van der Waals surface area (Å²) in [4.78, 5) is 15.5. The van der Waals surface area contributed by atoms with Gasteiger partial charge in [0, 0.05) is 22.6 Å². The van der Waals surface area contributed by atoms with E-state index in [0.29, 0.717) is 0 Å². The predicted octanol–water partition coefficient (Wildman–Crippen LogP) is 2.41. The third-order valence-electron chi connectivity index (χ3n) is 2.41. The second-order valence-electron chi connectivity index (χ2n) is 3.93. The number of benzene rings is 1. The number of amides is 1. The SMILES string of the molecule is O=C(CNc1ccc(Br)cc1)NN=Cc1ccncc1. The van der Waals surface area contributed by atoms with Crippen molar-refractivity contribution in [1.29, 1.82) is 0 Å². The van der Waals surface area contributed by atoms with Gasteiger partial charge in [0.25, 0.3) is 5.91 Å². The number of hydrogen-bond donors (Lipinski definition) is 2. The third-order valence-corrected chi connectivity index (χ3v) is 2.93. The number of nitrogens with zero attached hydrogens (tertiary/aromatic N) is 2. The van der Waals surface area contributed by atoms with Gasteiger partial charge in [-0.1, -0.05) is 15.9 Å². The quantitative estimate of drug-likeness (QED) is 0.652. The lowest BCUT2D eigenvalue weighted by molar-refractivity contribution is -0.119. The first kappa shape index (κ1) is 14.2. The Morgan fingerprint density at radius 2 is 1.90 bits per heavy atom. The minimum Gasteiger partial charge on any atom is -0.376 e. The van der Waals surface area contributed by atoms with Crippen LogP contribution in [-0.2, 0) is 4.79 Å². The molecule has 0 aliphatic carbocycles. The van der Waals surface area contributed by atoms with Crippen LogP contribution in [0, 0.1) is 0 Å². The fraction of sp³-hybridized carbons (Fsp3) is 0.0714. The number of nitrogens with one attached hydrogen (secondary N) is 2. The average molecular weight is 333 g/mol. The molecule has 102 valence electrons. The smallest absolute Gasteiger partial charge is 0.259 e. The summed E-state index contributed by atoms with van der Waals surface area (Å²) < 4.78 is 0.995. The molecule has 0 fully saturated rings. The van der Waals surface area contributed by atoms with Gasteiger partial charge in [-0.2, -0.15) is 5.10 Å². The molecule has 0 bridgehead atoms. The van der Waals surface area contributed by atoms with Crippen LogP contribution in [0.1, 0.15) is 5.56 Å². The summed E-state index contributed by atoms with van der Waals surface area (Å²) in [5.74, 6) is -0.210. The Labute approximate surface area is 125 Å². The maximum absolute atomic E-state index is 11.6. The van der Waals surface area contributed by atoms with Crippen LogP contribution in [0.3, 0.4) is 0 Å². The van der Waals surface area contributed by atoms with Gasteiger partial charge in [0.2, 0.25) is 0 Å². The van der Waals surface area contributed by atoms with Gasteiger partial charge in [-0.25, -0.2) is 5.43 Å². The van der Waals surface area contributed by atoms with E-state index in [2.05, 4.69) is 36.8 Å². The molecule has 0 aliphatic rings. The number of anilines is 1. The Kier molecular flexibility index (Phi) is 5.25. The minimum atomic E-state index is -0.210. The van der Waals surface area contributed by atoms with Gasteiger partial charge in [0.05, 0.1) is 12.8 Å². The lowest BCUT2D eigenvalue weighted by Gasteiger charge is -2.04. The molecule has 5 nitrogen and oxygen atoms in total. The molecule has 0 unspecified atom stereocenters. The van der Waals surface area contributed by atoms with Crippen molar-refractivity contribution in [2.24, 2.45) is 5.10 Å². The van der Waals surface area contributed by atoms with Crippen molar-refractivity contribution in [2.45, 2.75) is 0 Å². The molecular formula is C14H13BrN4O. The summed E-state index contributed by atoms with van der Waals surface area (Å²) in [5, 5.41) is 6.87. The summed E-state index contributed by atoms with van der Waals surface area (Å²) in [6, 6.07) is 11.2. The van der Waals surface area contributed by atoms with Crippen LogP contribution in [0.5, 0.6) is 0 Å². The highest BCUT2D eigenvalue weighted by Gasteiger charge is 1.99. The number of carbonyl (C=O) groups is 1. The fourth-order valence-electron chi connectivity index (χ4n) is 1.42. The van der Waals surface area contributed by atoms with Crippen LogP contribution in [0.15, 0.2) is 58.4 Å². The van der Waals surface area contributed by atoms with E-state index >= 15 is 0 Å². The standard InChI is InChI=1S/C14H13BrN4O/c15-12-1-3-13(4-2-12)17-10-14(20)19-18-9-11-5-7-16-8-6-11/h1-9,17H,10H2,(H,19,20). The molecule has 1 aromatic carbocycles. The molecule has 0 aliphatic heterocycles. The lowest BCUT2D eigenvalue weighted by atomic mass is 10.3. The van der Waals surface area contributed by atoms with Crippen molar-refractivity contribution in [1.82, 2.24) is 10.4 Å². The lowest BCUT2D eigenvalue weighted by Crippen LogP contribution is -2.25. The number of halogens is 1. The summed E-state index contributed by atoms with van der Waals surface area (Å²) in [6.45, 7) is 0.162. The van der Waals surface area contributed by atoms with Gasteiger partial charge in [-0.05, 0) is 42.0 Å². The molecule has 0 radical (unpaired) electrons. The normalized spacial score (nSPS) is 10.4. The number of hydrogen-bond acceptors (Lipinski definition) is 4. The zero-order valence-corrected chi connectivity index (χ0v) is 12.2. The molecule has 1 amide bonds. The van der Waals surface area contributed by atoms with E-state index in [1.54, 1.807) is 30.7 Å².